The Labute approximate surface area is 160 Å². The lowest BCUT2D eigenvalue weighted by Gasteiger charge is -2.16. The van der Waals surface area contributed by atoms with Gasteiger partial charge in [-0.2, -0.15) is 11.8 Å². The Balaban J connectivity index is 1.56. The van der Waals surface area contributed by atoms with Gasteiger partial charge in [-0.3, -0.25) is 0 Å². The number of hydrogen-bond acceptors (Lipinski definition) is 6. The van der Waals surface area contributed by atoms with Gasteiger partial charge in [0.2, 0.25) is 0 Å². The molecule has 3 rings (SSSR count). The summed E-state index contributed by atoms with van der Waals surface area (Å²) in [5.74, 6) is 2.16. The van der Waals surface area contributed by atoms with Crippen LogP contribution in [0.1, 0.15) is 0 Å². The lowest BCUT2D eigenvalue weighted by atomic mass is 10.2. The maximum atomic E-state index is 5.74. The van der Waals surface area contributed by atoms with Crippen molar-refractivity contribution in [2.24, 2.45) is 0 Å². The molecule has 5 nitrogen and oxygen atoms in total. The first-order valence-electron chi connectivity index (χ1n) is 9.22. The first-order chi connectivity index (χ1) is 12.9. The Morgan fingerprint density at radius 2 is 0.962 bits per heavy atom. The molecule has 0 fully saturated rings. The Bertz CT molecular complexity index is 556. The van der Waals surface area contributed by atoms with Gasteiger partial charge < -0.3 is 26.0 Å². The van der Waals surface area contributed by atoms with E-state index in [9.17, 15) is 0 Å². The van der Waals surface area contributed by atoms with Gasteiger partial charge in [0, 0.05) is 37.7 Å². The predicted octanol–water partition coefficient (Wildman–Crippen LogP) is 3.80. The zero-order chi connectivity index (χ0) is 17.9. The zero-order valence-electron chi connectivity index (χ0n) is 15.1. The molecule has 0 amide bonds. The molecule has 0 saturated heterocycles. The van der Waals surface area contributed by atoms with Gasteiger partial charge in [-0.05, 0) is 24.3 Å². The van der Waals surface area contributed by atoms with Crippen LogP contribution in [0, 0.1) is 0 Å². The van der Waals surface area contributed by atoms with E-state index in [0.29, 0.717) is 13.2 Å². The molecular formula is C20H28N4OS. The second-order valence-corrected chi connectivity index (χ2v) is 7.25. The summed E-state index contributed by atoms with van der Waals surface area (Å²) in [6.45, 7) is 4.88. The monoisotopic (exact) mass is 372 g/mol. The van der Waals surface area contributed by atoms with Crippen molar-refractivity contribution in [1.82, 2.24) is 0 Å². The van der Waals surface area contributed by atoms with Gasteiger partial charge in [0.1, 0.15) is 0 Å². The number of para-hydroxylation sites is 4. The molecule has 0 spiro atoms. The van der Waals surface area contributed by atoms with Crippen LogP contribution in [0.25, 0.3) is 0 Å². The van der Waals surface area contributed by atoms with Crippen LogP contribution in [0.5, 0.6) is 0 Å². The van der Waals surface area contributed by atoms with Crippen LogP contribution in [-0.4, -0.2) is 50.9 Å². The van der Waals surface area contributed by atoms with Gasteiger partial charge >= 0.3 is 0 Å². The number of ether oxygens (including phenoxy) is 1. The van der Waals surface area contributed by atoms with Crippen LogP contribution in [0.4, 0.5) is 22.7 Å². The number of anilines is 4. The summed E-state index contributed by atoms with van der Waals surface area (Å²) in [6, 6.07) is 16.7. The van der Waals surface area contributed by atoms with Crippen molar-refractivity contribution in [3.8, 4) is 0 Å². The van der Waals surface area contributed by atoms with E-state index in [2.05, 4.69) is 69.8 Å². The summed E-state index contributed by atoms with van der Waals surface area (Å²) < 4.78 is 5.74. The van der Waals surface area contributed by atoms with Crippen molar-refractivity contribution in [3.63, 3.8) is 0 Å². The summed E-state index contributed by atoms with van der Waals surface area (Å²) in [5.41, 5.74) is 4.58. The highest BCUT2D eigenvalue weighted by molar-refractivity contribution is 7.99. The average molecular weight is 373 g/mol. The standard InChI is InChI=1S/C20H28N4OS/c1-3-7-19-17(5-1)21-9-13-25-14-10-22-18-6-2-4-8-20(18)24-12-16-26-15-11-23-19/h1-8,21-24H,9-16H2. The topological polar surface area (TPSA) is 57.4 Å². The van der Waals surface area contributed by atoms with Crippen molar-refractivity contribution in [3.05, 3.63) is 48.5 Å². The van der Waals surface area contributed by atoms with Crippen molar-refractivity contribution in [2.45, 2.75) is 0 Å². The number of fused-ring (bicyclic) bond motifs is 2. The van der Waals surface area contributed by atoms with Crippen LogP contribution in [0.2, 0.25) is 0 Å². The molecular weight excluding hydrogens is 344 g/mol. The minimum absolute atomic E-state index is 0.686. The molecule has 0 aliphatic carbocycles. The molecule has 1 aliphatic rings. The molecule has 0 unspecified atom stereocenters. The highest BCUT2D eigenvalue weighted by atomic mass is 32.2. The van der Waals surface area contributed by atoms with E-state index in [-0.39, 0.29) is 0 Å². The summed E-state index contributed by atoms with van der Waals surface area (Å²) >= 11 is 1.96. The molecule has 1 heterocycles. The minimum atomic E-state index is 0.686. The molecule has 2 aromatic rings. The van der Waals surface area contributed by atoms with Crippen LogP contribution < -0.4 is 21.3 Å². The van der Waals surface area contributed by atoms with Crippen LogP contribution in [0.3, 0.4) is 0 Å². The Kier molecular flexibility index (Phi) is 7.80. The van der Waals surface area contributed by atoms with Gasteiger partial charge in [0.05, 0.1) is 36.0 Å². The van der Waals surface area contributed by atoms with Gasteiger partial charge in [-0.25, -0.2) is 0 Å². The highest BCUT2D eigenvalue weighted by Gasteiger charge is 2.03. The predicted molar refractivity (Wildman–Crippen MR) is 115 cm³/mol. The molecule has 140 valence electrons. The van der Waals surface area contributed by atoms with Gasteiger partial charge in [-0.15, -0.1) is 0 Å². The van der Waals surface area contributed by atoms with Crippen LogP contribution in [0.15, 0.2) is 48.5 Å². The molecule has 6 heteroatoms. The van der Waals surface area contributed by atoms with Crippen LogP contribution >= 0.6 is 11.8 Å². The molecule has 2 aromatic carbocycles. The van der Waals surface area contributed by atoms with Crippen molar-refractivity contribution in [1.29, 1.82) is 0 Å². The fourth-order valence-corrected chi connectivity index (χ4v) is 3.52. The second-order valence-electron chi connectivity index (χ2n) is 6.02. The molecule has 4 N–H and O–H groups in total. The molecule has 26 heavy (non-hydrogen) atoms. The molecule has 0 atom stereocenters. The third kappa shape index (κ3) is 6.04. The SMILES string of the molecule is c1ccc2c(c1)NCCOCCNc1ccccc1NCCSCCN2. The summed E-state index contributed by atoms with van der Waals surface area (Å²) in [5, 5.41) is 14.0. The van der Waals surface area contributed by atoms with Gasteiger partial charge in [0.15, 0.2) is 0 Å². The summed E-state index contributed by atoms with van der Waals surface area (Å²) in [7, 11) is 0. The van der Waals surface area contributed by atoms with E-state index in [4.69, 9.17) is 4.74 Å². The molecule has 0 bridgehead atoms. The normalized spacial score (nSPS) is 16.9. The molecule has 1 aliphatic heterocycles. The molecule has 0 aromatic heterocycles. The minimum Gasteiger partial charge on any atom is -0.383 e. The van der Waals surface area contributed by atoms with Gasteiger partial charge in [0.25, 0.3) is 0 Å². The number of rotatable bonds is 0. The number of benzene rings is 2. The van der Waals surface area contributed by atoms with Crippen molar-refractivity contribution < 1.29 is 4.74 Å². The number of nitrogens with one attached hydrogen (secondary N) is 4. The maximum Gasteiger partial charge on any atom is 0.0639 e. The van der Waals surface area contributed by atoms with E-state index < -0.39 is 0 Å². The van der Waals surface area contributed by atoms with Crippen molar-refractivity contribution in [2.75, 3.05) is 72.2 Å². The largest absolute Gasteiger partial charge is 0.383 e. The lowest BCUT2D eigenvalue weighted by molar-refractivity contribution is 0.154. The quantitative estimate of drug-likeness (QED) is 0.564. The van der Waals surface area contributed by atoms with Crippen molar-refractivity contribution >= 4 is 34.5 Å². The van der Waals surface area contributed by atoms with E-state index in [1.165, 1.54) is 0 Å². The summed E-state index contributed by atoms with van der Waals surface area (Å²) in [4.78, 5) is 0. The van der Waals surface area contributed by atoms with E-state index in [1.807, 2.05) is 11.8 Å². The Hall–Kier alpha value is -2.05. The van der Waals surface area contributed by atoms with E-state index >= 15 is 0 Å². The second kappa shape index (κ2) is 10.8. The maximum absolute atomic E-state index is 5.74. The summed E-state index contributed by atoms with van der Waals surface area (Å²) in [6.07, 6.45) is 0. The highest BCUT2D eigenvalue weighted by Crippen LogP contribution is 2.22. The first kappa shape index (κ1) is 18.7. The Morgan fingerprint density at radius 3 is 1.38 bits per heavy atom. The number of thioether (sulfide) groups is 1. The van der Waals surface area contributed by atoms with E-state index in [0.717, 1.165) is 60.4 Å². The third-order valence-electron chi connectivity index (χ3n) is 4.10. The van der Waals surface area contributed by atoms with Gasteiger partial charge in [-0.1, -0.05) is 24.3 Å². The third-order valence-corrected chi connectivity index (χ3v) is 5.09. The first-order valence-corrected chi connectivity index (χ1v) is 10.4. The van der Waals surface area contributed by atoms with E-state index in [1.54, 1.807) is 0 Å². The average Bonchev–Trinajstić information content (AvgIpc) is 2.68. The fourth-order valence-electron chi connectivity index (χ4n) is 2.82. The molecule has 0 saturated carbocycles. The lowest BCUT2D eigenvalue weighted by Crippen LogP contribution is -2.17. The Morgan fingerprint density at radius 1 is 0.577 bits per heavy atom. The number of hydrogen-bond donors (Lipinski definition) is 4. The smallest absolute Gasteiger partial charge is 0.0639 e. The van der Waals surface area contributed by atoms with Crippen LogP contribution in [-0.2, 0) is 4.74 Å². The fraction of sp³-hybridized carbons (Fsp3) is 0.400. The molecule has 0 radical (unpaired) electrons. The zero-order valence-corrected chi connectivity index (χ0v) is 15.9.